The molecule has 0 radical (unpaired) electrons. The monoisotopic (exact) mass is 241 g/mol. The Balaban J connectivity index is 2.35. The van der Waals surface area contributed by atoms with Gasteiger partial charge in [0.2, 0.25) is 0 Å². The van der Waals surface area contributed by atoms with E-state index in [1.807, 2.05) is 45.0 Å². The summed E-state index contributed by atoms with van der Waals surface area (Å²) in [6, 6.07) is 14.3. The first-order valence-corrected chi connectivity index (χ1v) is 6.06. The van der Waals surface area contributed by atoms with Gasteiger partial charge in [-0.25, -0.2) is 4.99 Å². The quantitative estimate of drug-likeness (QED) is 0.594. The molecule has 0 heterocycles. The van der Waals surface area contributed by atoms with Crippen LogP contribution in [0.25, 0.3) is 10.8 Å². The molecule has 0 aromatic heterocycles. The summed E-state index contributed by atoms with van der Waals surface area (Å²) >= 11 is 0. The summed E-state index contributed by atoms with van der Waals surface area (Å²) in [5, 5.41) is 5.50. The number of rotatable bonds is 1. The summed E-state index contributed by atoms with van der Waals surface area (Å²) in [6.45, 7) is 6.06. The lowest BCUT2D eigenvalue weighted by molar-refractivity contribution is 0.583. The van der Waals surface area contributed by atoms with Gasteiger partial charge in [-0.3, -0.25) is 0 Å². The van der Waals surface area contributed by atoms with Crippen molar-refractivity contribution in [2.45, 2.75) is 26.3 Å². The normalized spacial score (nSPS) is 12.7. The van der Waals surface area contributed by atoms with Gasteiger partial charge in [0.1, 0.15) is 0 Å². The van der Waals surface area contributed by atoms with Gasteiger partial charge in [-0.1, -0.05) is 36.4 Å². The number of nitrogens with two attached hydrogens (primary N) is 1. The maximum absolute atomic E-state index is 5.92. The van der Waals surface area contributed by atoms with Crippen LogP contribution in [0.2, 0.25) is 0 Å². The molecular weight excluding hydrogens is 222 g/mol. The zero-order valence-corrected chi connectivity index (χ0v) is 11.1. The molecule has 3 heteroatoms. The van der Waals surface area contributed by atoms with Crippen LogP contribution in [0.4, 0.5) is 5.69 Å². The van der Waals surface area contributed by atoms with Crippen molar-refractivity contribution < 1.29 is 0 Å². The molecule has 18 heavy (non-hydrogen) atoms. The predicted octanol–water partition coefficient (Wildman–Crippen LogP) is 3.36. The van der Waals surface area contributed by atoms with Crippen molar-refractivity contribution in [2.75, 3.05) is 5.32 Å². The molecule has 0 saturated heterocycles. The van der Waals surface area contributed by atoms with E-state index >= 15 is 0 Å². The fourth-order valence-corrected chi connectivity index (χ4v) is 1.86. The minimum atomic E-state index is -0.179. The smallest absolute Gasteiger partial charge is 0.193 e. The number of aliphatic imine (C=N–C) groups is 1. The molecule has 94 valence electrons. The van der Waals surface area contributed by atoms with Gasteiger partial charge >= 0.3 is 0 Å². The number of nitrogens with zero attached hydrogens (tertiary/aromatic N) is 1. The van der Waals surface area contributed by atoms with Crippen molar-refractivity contribution in [2.24, 2.45) is 10.7 Å². The van der Waals surface area contributed by atoms with E-state index in [-0.39, 0.29) is 5.54 Å². The number of hydrogen-bond donors (Lipinski definition) is 2. The lowest BCUT2D eigenvalue weighted by Crippen LogP contribution is -2.27. The van der Waals surface area contributed by atoms with Crippen molar-refractivity contribution in [3.63, 3.8) is 0 Å². The Hall–Kier alpha value is -2.03. The summed E-state index contributed by atoms with van der Waals surface area (Å²) in [5.41, 5.74) is 6.73. The van der Waals surface area contributed by atoms with Crippen LogP contribution in [0.15, 0.2) is 47.5 Å². The molecule has 0 saturated carbocycles. The highest BCUT2D eigenvalue weighted by molar-refractivity contribution is 6.02. The first-order valence-electron chi connectivity index (χ1n) is 6.06. The molecule has 3 nitrogen and oxygen atoms in total. The van der Waals surface area contributed by atoms with Crippen LogP contribution in [0, 0.1) is 0 Å². The molecule has 0 unspecified atom stereocenters. The van der Waals surface area contributed by atoms with Gasteiger partial charge in [-0.2, -0.15) is 0 Å². The zero-order valence-electron chi connectivity index (χ0n) is 11.1. The van der Waals surface area contributed by atoms with Gasteiger partial charge < -0.3 is 11.1 Å². The Kier molecular flexibility index (Phi) is 3.24. The van der Waals surface area contributed by atoms with E-state index in [0.29, 0.717) is 5.96 Å². The third-order valence-electron chi connectivity index (χ3n) is 2.51. The number of benzene rings is 2. The first-order chi connectivity index (χ1) is 8.46. The van der Waals surface area contributed by atoms with E-state index in [9.17, 15) is 0 Å². The summed E-state index contributed by atoms with van der Waals surface area (Å²) in [4.78, 5) is 4.39. The highest BCUT2D eigenvalue weighted by atomic mass is 15.1. The van der Waals surface area contributed by atoms with Crippen LogP contribution in [0.5, 0.6) is 0 Å². The second-order valence-electron chi connectivity index (χ2n) is 5.32. The molecule has 0 aliphatic rings. The number of guanidine groups is 1. The molecule has 0 bridgehead atoms. The third kappa shape index (κ3) is 3.00. The SMILES string of the molecule is CC(C)(C)N=C(N)Nc1cccc2ccccc12. The fourth-order valence-electron chi connectivity index (χ4n) is 1.86. The Morgan fingerprint density at radius 3 is 2.44 bits per heavy atom. The minimum Gasteiger partial charge on any atom is -0.370 e. The Morgan fingerprint density at radius 1 is 1.06 bits per heavy atom. The van der Waals surface area contributed by atoms with Gasteiger partial charge in [-0.05, 0) is 32.2 Å². The van der Waals surface area contributed by atoms with E-state index in [1.54, 1.807) is 0 Å². The maximum atomic E-state index is 5.92. The Morgan fingerprint density at radius 2 is 1.72 bits per heavy atom. The molecule has 0 atom stereocenters. The van der Waals surface area contributed by atoms with E-state index < -0.39 is 0 Å². The number of anilines is 1. The fraction of sp³-hybridized carbons (Fsp3) is 0.267. The highest BCUT2D eigenvalue weighted by Crippen LogP contribution is 2.22. The summed E-state index contributed by atoms with van der Waals surface area (Å²) in [6.07, 6.45) is 0. The molecular formula is C15H19N3. The summed E-state index contributed by atoms with van der Waals surface area (Å²) in [7, 11) is 0. The van der Waals surface area contributed by atoms with Gasteiger partial charge in [0, 0.05) is 11.1 Å². The van der Waals surface area contributed by atoms with Gasteiger partial charge in [0.25, 0.3) is 0 Å². The highest BCUT2D eigenvalue weighted by Gasteiger charge is 2.08. The molecule has 2 aromatic carbocycles. The third-order valence-corrected chi connectivity index (χ3v) is 2.51. The van der Waals surface area contributed by atoms with E-state index in [2.05, 4.69) is 28.5 Å². The lowest BCUT2D eigenvalue weighted by atomic mass is 10.1. The van der Waals surface area contributed by atoms with Crippen molar-refractivity contribution in [3.05, 3.63) is 42.5 Å². The van der Waals surface area contributed by atoms with E-state index in [1.165, 1.54) is 5.39 Å². The van der Waals surface area contributed by atoms with E-state index in [0.717, 1.165) is 11.1 Å². The van der Waals surface area contributed by atoms with Gasteiger partial charge in [0.05, 0.1) is 5.54 Å². The largest absolute Gasteiger partial charge is 0.370 e. The predicted molar refractivity (Wildman–Crippen MR) is 78.9 cm³/mol. The molecule has 3 N–H and O–H groups in total. The van der Waals surface area contributed by atoms with E-state index in [4.69, 9.17) is 5.73 Å². The molecule has 2 aromatic rings. The molecule has 0 aliphatic heterocycles. The van der Waals surface area contributed by atoms with Gasteiger partial charge in [0.15, 0.2) is 5.96 Å². The van der Waals surface area contributed by atoms with Crippen LogP contribution < -0.4 is 11.1 Å². The van der Waals surface area contributed by atoms with Crippen LogP contribution in [-0.4, -0.2) is 11.5 Å². The van der Waals surface area contributed by atoms with Crippen molar-refractivity contribution in [1.82, 2.24) is 0 Å². The standard InChI is InChI=1S/C15H19N3/c1-15(2,3)18-14(16)17-13-10-6-8-11-7-4-5-9-12(11)13/h4-10H,1-3H3,(H3,16,17,18). The number of fused-ring (bicyclic) bond motifs is 1. The summed E-state index contributed by atoms with van der Waals surface area (Å²) < 4.78 is 0. The molecule has 0 fully saturated rings. The van der Waals surface area contributed by atoms with Crippen LogP contribution in [-0.2, 0) is 0 Å². The Bertz CT molecular complexity index is 574. The van der Waals surface area contributed by atoms with Crippen molar-refractivity contribution >= 4 is 22.4 Å². The van der Waals surface area contributed by atoms with Crippen molar-refractivity contribution in [1.29, 1.82) is 0 Å². The minimum absolute atomic E-state index is 0.179. The number of hydrogen-bond acceptors (Lipinski definition) is 1. The maximum Gasteiger partial charge on any atom is 0.193 e. The molecule has 0 aliphatic carbocycles. The van der Waals surface area contributed by atoms with Crippen molar-refractivity contribution in [3.8, 4) is 0 Å². The van der Waals surface area contributed by atoms with Gasteiger partial charge in [-0.15, -0.1) is 0 Å². The Labute approximate surface area is 108 Å². The topological polar surface area (TPSA) is 50.4 Å². The average molecular weight is 241 g/mol. The van der Waals surface area contributed by atoms with Crippen LogP contribution in [0.3, 0.4) is 0 Å². The second kappa shape index (κ2) is 4.69. The zero-order chi connectivity index (χ0) is 13.2. The van der Waals surface area contributed by atoms with Crippen LogP contribution in [0.1, 0.15) is 20.8 Å². The average Bonchev–Trinajstić information content (AvgIpc) is 2.27. The molecule has 0 amide bonds. The molecule has 2 rings (SSSR count). The first kappa shape index (κ1) is 12.4. The molecule has 0 spiro atoms. The second-order valence-corrected chi connectivity index (χ2v) is 5.32. The lowest BCUT2D eigenvalue weighted by Gasteiger charge is -2.15. The summed E-state index contributed by atoms with van der Waals surface area (Å²) in [5.74, 6) is 0.443. The van der Waals surface area contributed by atoms with Crippen LogP contribution >= 0.6 is 0 Å². The number of nitrogens with one attached hydrogen (secondary N) is 1.